The minimum Gasteiger partial charge on any atom is -0.393 e. The number of rotatable bonds is 1. The van der Waals surface area contributed by atoms with E-state index in [2.05, 4.69) is 6.92 Å². The lowest BCUT2D eigenvalue weighted by molar-refractivity contribution is -0.124. The summed E-state index contributed by atoms with van der Waals surface area (Å²) in [5.41, 5.74) is 0.777. The van der Waals surface area contributed by atoms with E-state index in [9.17, 15) is 5.11 Å². The van der Waals surface area contributed by atoms with Crippen LogP contribution in [0.5, 0.6) is 0 Å². The number of ether oxygens (including phenoxy) is 2. The zero-order valence-corrected chi connectivity index (χ0v) is 10.7. The molecule has 0 aromatic heterocycles. The van der Waals surface area contributed by atoms with Gasteiger partial charge in [0, 0.05) is 12.0 Å². The molecule has 1 spiro atoms. The molecule has 1 aromatic carbocycles. The highest BCUT2D eigenvalue weighted by atomic mass is 16.7. The van der Waals surface area contributed by atoms with Gasteiger partial charge in [-0.15, -0.1) is 0 Å². The van der Waals surface area contributed by atoms with Crippen LogP contribution in [0.3, 0.4) is 0 Å². The first-order valence-corrected chi connectivity index (χ1v) is 6.69. The van der Waals surface area contributed by atoms with Gasteiger partial charge in [0.05, 0.1) is 18.3 Å². The van der Waals surface area contributed by atoms with E-state index in [0.717, 1.165) is 18.4 Å². The Morgan fingerprint density at radius 1 is 1.22 bits per heavy atom. The van der Waals surface area contributed by atoms with Crippen molar-refractivity contribution in [2.45, 2.75) is 44.2 Å². The molecule has 0 amide bonds. The highest BCUT2D eigenvalue weighted by molar-refractivity contribution is 5.17. The zero-order valence-electron chi connectivity index (χ0n) is 10.7. The lowest BCUT2D eigenvalue weighted by atomic mass is 9.78. The Balaban J connectivity index is 1.74. The second-order valence-corrected chi connectivity index (χ2v) is 5.76. The van der Waals surface area contributed by atoms with E-state index in [1.165, 1.54) is 0 Å². The molecule has 1 saturated carbocycles. The Bertz CT molecular complexity index is 393. The van der Waals surface area contributed by atoms with Crippen LogP contribution in [0.2, 0.25) is 0 Å². The molecule has 1 aliphatic carbocycles. The molecule has 1 heterocycles. The zero-order chi connectivity index (χ0) is 12.6. The number of aliphatic hydroxyl groups is 1. The Kier molecular flexibility index (Phi) is 3.14. The van der Waals surface area contributed by atoms with Crippen molar-refractivity contribution < 1.29 is 14.6 Å². The van der Waals surface area contributed by atoms with Crippen LogP contribution < -0.4 is 0 Å². The van der Waals surface area contributed by atoms with Crippen molar-refractivity contribution in [1.29, 1.82) is 0 Å². The molecule has 2 aliphatic rings. The molecule has 1 aliphatic heterocycles. The topological polar surface area (TPSA) is 38.7 Å². The summed E-state index contributed by atoms with van der Waals surface area (Å²) in [6, 6.07) is 10.0. The summed E-state index contributed by atoms with van der Waals surface area (Å²) in [6.07, 6.45) is 2.02. The van der Waals surface area contributed by atoms with E-state index in [0.29, 0.717) is 18.9 Å². The highest BCUT2D eigenvalue weighted by Crippen LogP contribution is 2.44. The van der Waals surface area contributed by atoms with Crippen LogP contribution in [-0.4, -0.2) is 23.4 Å². The van der Waals surface area contributed by atoms with E-state index in [1.807, 2.05) is 30.3 Å². The second-order valence-electron chi connectivity index (χ2n) is 5.76. The molecule has 1 N–H and O–H groups in total. The minimum atomic E-state index is -0.280. The van der Waals surface area contributed by atoms with Crippen molar-refractivity contribution in [1.82, 2.24) is 0 Å². The van der Waals surface area contributed by atoms with Gasteiger partial charge in [0.15, 0.2) is 6.29 Å². The number of benzene rings is 1. The van der Waals surface area contributed by atoms with E-state index < -0.39 is 0 Å². The number of hydrogen-bond donors (Lipinski definition) is 1. The van der Waals surface area contributed by atoms with Crippen molar-refractivity contribution in [3.63, 3.8) is 0 Å². The first kappa shape index (κ1) is 12.2. The summed E-state index contributed by atoms with van der Waals surface area (Å²) < 4.78 is 11.9. The third-order valence-corrected chi connectivity index (χ3v) is 3.93. The quantitative estimate of drug-likeness (QED) is 0.830. The van der Waals surface area contributed by atoms with Crippen molar-refractivity contribution in [2.75, 3.05) is 6.61 Å². The molecule has 3 heteroatoms. The fraction of sp³-hybridized carbons (Fsp3) is 0.600. The molecule has 98 valence electrons. The van der Waals surface area contributed by atoms with Crippen molar-refractivity contribution >= 4 is 0 Å². The molecule has 3 rings (SSSR count). The van der Waals surface area contributed by atoms with Gasteiger partial charge < -0.3 is 14.6 Å². The normalized spacial score (nSPS) is 40.2. The van der Waals surface area contributed by atoms with E-state index in [1.54, 1.807) is 0 Å². The molecule has 0 bridgehead atoms. The molecule has 0 unspecified atom stereocenters. The monoisotopic (exact) mass is 248 g/mol. The van der Waals surface area contributed by atoms with Crippen molar-refractivity contribution in [3.05, 3.63) is 35.9 Å². The van der Waals surface area contributed by atoms with Crippen LogP contribution in [-0.2, 0) is 9.47 Å². The fourth-order valence-corrected chi connectivity index (χ4v) is 3.29. The van der Waals surface area contributed by atoms with Gasteiger partial charge in [-0.25, -0.2) is 0 Å². The molecule has 1 saturated heterocycles. The smallest absolute Gasteiger partial charge is 0.184 e. The average molecular weight is 248 g/mol. The summed E-state index contributed by atoms with van der Waals surface area (Å²) in [5, 5.41) is 9.93. The molecule has 0 radical (unpaired) electrons. The van der Waals surface area contributed by atoms with E-state index in [-0.39, 0.29) is 18.0 Å². The Labute approximate surface area is 108 Å². The molecule has 18 heavy (non-hydrogen) atoms. The Morgan fingerprint density at radius 2 is 2.00 bits per heavy atom. The third kappa shape index (κ3) is 2.30. The molecule has 4 atom stereocenters. The lowest BCUT2D eigenvalue weighted by Gasteiger charge is -2.37. The molecular weight excluding hydrogens is 228 g/mol. The first-order valence-electron chi connectivity index (χ1n) is 6.69. The number of aliphatic hydroxyl groups excluding tert-OH is 1. The van der Waals surface area contributed by atoms with Gasteiger partial charge in [0.1, 0.15) is 0 Å². The van der Waals surface area contributed by atoms with Gasteiger partial charge in [-0.05, 0) is 18.8 Å². The SMILES string of the molecule is C[C@H]1C[C@@H](O)C[C@@]2(CO[C@@H](c3ccccc3)O2)C1. The maximum atomic E-state index is 9.93. The molecule has 1 aromatic rings. The maximum Gasteiger partial charge on any atom is 0.184 e. The summed E-state index contributed by atoms with van der Waals surface area (Å²) in [7, 11) is 0. The largest absolute Gasteiger partial charge is 0.393 e. The van der Waals surface area contributed by atoms with Crippen LogP contribution >= 0.6 is 0 Å². The Morgan fingerprint density at radius 3 is 2.72 bits per heavy atom. The fourth-order valence-electron chi connectivity index (χ4n) is 3.29. The predicted octanol–water partition coefficient (Wildman–Crippen LogP) is 2.65. The molecule has 3 nitrogen and oxygen atoms in total. The predicted molar refractivity (Wildman–Crippen MR) is 68.0 cm³/mol. The van der Waals surface area contributed by atoms with E-state index in [4.69, 9.17) is 9.47 Å². The van der Waals surface area contributed by atoms with Gasteiger partial charge in [0.25, 0.3) is 0 Å². The van der Waals surface area contributed by atoms with Crippen molar-refractivity contribution in [3.8, 4) is 0 Å². The van der Waals surface area contributed by atoms with Gasteiger partial charge in [0.2, 0.25) is 0 Å². The van der Waals surface area contributed by atoms with Crippen LogP contribution in [0.4, 0.5) is 0 Å². The summed E-state index contributed by atoms with van der Waals surface area (Å²) in [5.74, 6) is 0.492. The van der Waals surface area contributed by atoms with Crippen molar-refractivity contribution in [2.24, 2.45) is 5.92 Å². The Hall–Kier alpha value is -0.900. The van der Waals surface area contributed by atoms with Crippen LogP contribution in [0.1, 0.15) is 38.0 Å². The van der Waals surface area contributed by atoms with Gasteiger partial charge in [-0.1, -0.05) is 37.3 Å². The molecular formula is C15H20O3. The third-order valence-electron chi connectivity index (χ3n) is 3.93. The van der Waals surface area contributed by atoms with Gasteiger partial charge in [-0.2, -0.15) is 0 Å². The van der Waals surface area contributed by atoms with Crippen LogP contribution in [0.25, 0.3) is 0 Å². The van der Waals surface area contributed by atoms with E-state index >= 15 is 0 Å². The highest BCUT2D eigenvalue weighted by Gasteiger charge is 2.46. The standard InChI is InChI=1S/C15H20O3/c1-11-7-13(16)9-15(8-11)10-17-14(18-15)12-5-3-2-4-6-12/h2-6,11,13-14,16H,7-10H2,1H3/t11-,13+,14+,15+/m0/s1. The van der Waals surface area contributed by atoms with Crippen LogP contribution in [0.15, 0.2) is 30.3 Å². The molecule has 2 fully saturated rings. The number of hydrogen-bond acceptors (Lipinski definition) is 3. The van der Waals surface area contributed by atoms with Crippen LogP contribution in [0, 0.1) is 5.92 Å². The van der Waals surface area contributed by atoms with Gasteiger partial charge >= 0.3 is 0 Å². The summed E-state index contributed by atoms with van der Waals surface area (Å²) in [4.78, 5) is 0. The lowest BCUT2D eigenvalue weighted by Crippen LogP contribution is -2.42. The minimum absolute atomic E-state index is 0.258. The average Bonchev–Trinajstić information content (AvgIpc) is 2.72. The summed E-state index contributed by atoms with van der Waals surface area (Å²) in [6.45, 7) is 2.76. The van der Waals surface area contributed by atoms with Gasteiger partial charge in [-0.3, -0.25) is 0 Å². The maximum absolute atomic E-state index is 9.93. The first-order chi connectivity index (χ1) is 8.67. The summed E-state index contributed by atoms with van der Waals surface area (Å²) >= 11 is 0. The second kappa shape index (κ2) is 4.65.